The molecule has 6 heteroatoms. The van der Waals surface area contributed by atoms with E-state index in [4.69, 9.17) is 16.3 Å². The Morgan fingerprint density at radius 1 is 1.58 bits per heavy atom. The Hall–Kier alpha value is -1.07. The predicted octanol–water partition coefficient (Wildman–Crippen LogP) is 3.56. The summed E-state index contributed by atoms with van der Waals surface area (Å²) in [6.07, 6.45) is 2.02. The van der Waals surface area contributed by atoms with E-state index in [0.717, 1.165) is 5.75 Å². The average Bonchev–Trinajstić information content (AvgIpc) is 2.38. The van der Waals surface area contributed by atoms with Crippen LogP contribution in [0.15, 0.2) is 18.2 Å². The lowest BCUT2D eigenvalue weighted by atomic mass is 10.3. The van der Waals surface area contributed by atoms with Crippen LogP contribution in [0, 0.1) is 0 Å². The quantitative estimate of drug-likeness (QED) is 0.904. The largest absolute Gasteiger partial charge is 0.493 e. The van der Waals surface area contributed by atoms with Gasteiger partial charge in [0.1, 0.15) is 0 Å². The van der Waals surface area contributed by atoms with Gasteiger partial charge < -0.3 is 15.0 Å². The molecule has 0 radical (unpaired) electrons. The van der Waals surface area contributed by atoms with Gasteiger partial charge in [0.2, 0.25) is 0 Å². The molecule has 1 rings (SSSR count). The van der Waals surface area contributed by atoms with E-state index >= 15 is 0 Å². The van der Waals surface area contributed by atoms with Gasteiger partial charge in [0.05, 0.1) is 17.8 Å². The molecule has 0 fully saturated rings. The summed E-state index contributed by atoms with van der Waals surface area (Å²) < 4.78 is 5.20. The molecule has 0 aliphatic rings. The normalized spacial score (nSPS) is 11.8. The van der Waals surface area contributed by atoms with Gasteiger partial charge in [0, 0.05) is 18.8 Å². The fraction of sp³-hybridized carbons (Fsp3) is 0.462. The Labute approximate surface area is 123 Å². The van der Waals surface area contributed by atoms with E-state index in [1.54, 1.807) is 41.9 Å². The molecule has 0 unspecified atom stereocenters. The second-order valence-corrected chi connectivity index (χ2v) is 5.48. The highest BCUT2D eigenvalue weighted by Gasteiger charge is 2.17. The van der Waals surface area contributed by atoms with Crippen molar-refractivity contribution in [2.24, 2.45) is 0 Å². The third-order valence-electron chi connectivity index (χ3n) is 2.80. The van der Waals surface area contributed by atoms with Gasteiger partial charge in [0.25, 0.3) is 0 Å². The molecule has 4 nitrogen and oxygen atoms in total. The Balaban J connectivity index is 2.79. The minimum absolute atomic E-state index is 0.153. The van der Waals surface area contributed by atoms with Gasteiger partial charge in [-0.05, 0) is 25.3 Å². The van der Waals surface area contributed by atoms with Gasteiger partial charge in [0.15, 0.2) is 5.75 Å². The molecule has 0 saturated heterocycles. The van der Waals surface area contributed by atoms with Gasteiger partial charge in [-0.2, -0.15) is 11.8 Å². The molecule has 0 heterocycles. The van der Waals surface area contributed by atoms with E-state index in [1.165, 1.54) is 7.11 Å². The molecular weight excluding hydrogens is 284 g/mol. The SMILES string of the molecule is COc1c(Cl)cccc1NC(=O)N(C)[C@H](C)CSC. The van der Waals surface area contributed by atoms with Crippen molar-refractivity contribution in [2.75, 3.05) is 31.5 Å². The number of amides is 2. The summed E-state index contributed by atoms with van der Waals surface area (Å²) in [7, 11) is 3.30. The monoisotopic (exact) mass is 302 g/mol. The van der Waals surface area contributed by atoms with Crippen molar-refractivity contribution in [1.29, 1.82) is 0 Å². The van der Waals surface area contributed by atoms with Crippen LogP contribution in [-0.4, -0.2) is 43.1 Å². The number of benzene rings is 1. The summed E-state index contributed by atoms with van der Waals surface area (Å²) in [6, 6.07) is 5.22. The topological polar surface area (TPSA) is 41.6 Å². The highest BCUT2D eigenvalue weighted by Crippen LogP contribution is 2.32. The molecule has 0 bridgehead atoms. The molecule has 1 N–H and O–H groups in total. The zero-order valence-electron chi connectivity index (χ0n) is 11.6. The Morgan fingerprint density at radius 2 is 2.26 bits per heavy atom. The molecule has 0 aliphatic heterocycles. The molecule has 2 amide bonds. The van der Waals surface area contributed by atoms with E-state index in [0.29, 0.717) is 16.5 Å². The van der Waals surface area contributed by atoms with Crippen LogP contribution in [0.5, 0.6) is 5.75 Å². The second kappa shape index (κ2) is 7.50. The number of rotatable bonds is 5. The highest BCUT2D eigenvalue weighted by atomic mass is 35.5. The zero-order chi connectivity index (χ0) is 14.4. The average molecular weight is 303 g/mol. The van der Waals surface area contributed by atoms with Crippen LogP contribution in [0.2, 0.25) is 5.02 Å². The predicted molar refractivity (Wildman–Crippen MR) is 82.6 cm³/mol. The fourth-order valence-corrected chi connectivity index (χ4v) is 2.53. The first kappa shape index (κ1) is 16.0. The van der Waals surface area contributed by atoms with E-state index in [-0.39, 0.29) is 12.1 Å². The number of urea groups is 1. The van der Waals surface area contributed by atoms with Crippen LogP contribution < -0.4 is 10.1 Å². The Morgan fingerprint density at radius 3 is 2.84 bits per heavy atom. The number of methoxy groups -OCH3 is 1. The van der Waals surface area contributed by atoms with Crippen molar-refractivity contribution in [1.82, 2.24) is 4.90 Å². The molecule has 1 aromatic carbocycles. The van der Waals surface area contributed by atoms with Crippen LogP contribution >= 0.6 is 23.4 Å². The van der Waals surface area contributed by atoms with Crippen LogP contribution in [0.25, 0.3) is 0 Å². The fourth-order valence-electron chi connectivity index (χ4n) is 1.57. The molecular formula is C13H19ClN2O2S. The highest BCUT2D eigenvalue weighted by molar-refractivity contribution is 7.98. The van der Waals surface area contributed by atoms with Gasteiger partial charge in [-0.3, -0.25) is 0 Å². The first-order chi connectivity index (χ1) is 9.01. The lowest BCUT2D eigenvalue weighted by molar-refractivity contribution is 0.212. The van der Waals surface area contributed by atoms with Gasteiger partial charge in [-0.15, -0.1) is 0 Å². The molecule has 1 atom stereocenters. The molecule has 0 aromatic heterocycles. The number of para-hydroxylation sites is 1. The summed E-state index contributed by atoms with van der Waals surface area (Å²) in [5.41, 5.74) is 0.572. The van der Waals surface area contributed by atoms with Crippen molar-refractivity contribution in [3.63, 3.8) is 0 Å². The van der Waals surface area contributed by atoms with E-state index in [2.05, 4.69) is 5.32 Å². The van der Waals surface area contributed by atoms with Gasteiger partial charge in [-0.25, -0.2) is 4.79 Å². The number of thioether (sulfide) groups is 1. The van der Waals surface area contributed by atoms with Crippen molar-refractivity contribution in [3.05, 3.63) is 23.2 Å². The summed E-state index contributed by atoms with van der Waals surface area (Å²) in [5, 5.41) is 3.28. The smallest absolute Gasteiger partial charge is 0.321 e. The van der Waals surface area contributed by atoms with E-state index in [1.807, 2.05) is 13.2 Å². The third kappa shape index (κ3) is 4.21. The van der Waals surface area contributed by atoms with Crippen molar-refractivity contribution in [2.45, 2.75) is 13.0 Å². The summed E-state index contributed by atoms with van der Waals surface area (Å²) in [6.45, 7) is 2.01. The maximum atomic E-state index is 12.1. The molecule has 0 spiro atoms. The van der Waals surface area contributed by atoms with Crippen molar-refractivity contribution >= 4 is 35.1 Å². The molecule has 1 aromatic rings. The van der Waals surface area contributed by atoms with Crippen molar-refractivity contribution in [3.8, 4) is 5.75 Å². The number of nitrogens with one attached hydrogen (secondary N) is 1. The lowest BCUT2D eigenvalue weighted by Crippen LogP contribution is -2.39. The minimum atomic E-state index is -0.179. The maximum Gasteiger partial charge on any atom is 0.321 e. The number of ether oxygens (including phenoxy) is 1. The van der Waals surface area contributed by atoms with Crippen LogP contribution in [0.4, 0.5) is 10.5 Å². The number of nitrogens with zero attached hydrogens (tertiary/aromatic N) is 1. The van der Waals surface area contributed by atoms with Gasteiger partial charge in [-0.1, -0.05) is 17.7 Å². The van der Waals surface area contributed by atoms with E-state index < -0.39 is 0 Å². The molecule has 19 heavy (non-hydrogen) atoms. The second-order valence-electron chi connectivity index (χ2n) is 4.17. The number of hydrogen-bond donors (Lipinski definition) is 1. The maximum absolute atomic E-state index is 12.1. The number of halogens is 1. The first-order valence-electron chi connectivity index (χ1n) is 5.86. The van der Waals surface area contributed by atoms with Crippen molar-refractivity contribution < 1.29 is 9.53 Å². The number of carbonyl (C=O) groups excluding carboxylic acids is 1. The lowest BCUT2D eigenvalue weighted by Gasteiger charge is -2.25. The zero-order valence-corrected chi connectivity index (χ0v) is 13.1. The Kier molecular flexibility index (Phi) is 6.31. The molecule has 0 aliphatic carbocycles. The first-order valence-corrected chi connectivity index (χ1v) is 7.63. The number of carbonyl (C=O) groups is 1. The molecule has 106 valence electrons. The molecule has 0 saturated carbocycles. The standard InChI is InChI=1S/C13H19ClN2O2S/c1-9(8-19-4)16(2)13(17)15-11-7-5-6-10(14)12(11)18-3/h5-7,9H,8H2,1-4H3,(H,15,17)/t9-/m1/s1. The summed E-state index contributed by atoms with van der Waals surface area (Å²) in [5.74, 6) is 1.36. The van der Waals surface area contributed by atoms with Crippen LogP contribution in [0.3, 0.4) is 0 Å². The van der Waals surface area contributed by atoms with E-state index in [9.17, 15) is 4.79 Å². The summed E-state index contributed by atoms with van der Waals surface area (Å²) in [4.78, 5) is 13.8. The third-order valence-corrected chi connectivity index (χ3v) is 3.92. The minimum Gasteiger partial charge on any atom is -0.493 e. The van der Waals surface area contributed by atoms with Crippen LogP contribution in [-0.2, 0) is 0 Å². The number of hydrogen-bond acceptors (Lipinski definition) is 3. The van der Waals surface area contributed by atoms with Crippen LogP contribution in [0.1, 0.15) is 6.92 Å². The summed E-state index contributed by atoms with van der Waals surface area (Å²) >= 11 is 7.72. The van der Waals surface area contributed by atoms with Gasteiger partial charge >= 0.3 is 6.03 Å². The number of anilines is 1. The Bertz CT molecular complexity index is 443.